The van der Waals surface area contributed by atoms with Crippen LogP contribution >= 0.6 is 27.5 Å². The molecule has 0 spiro atoms. The molecule has 0 aliphatic heterocycles. The van der Waals surface area contributed by atoms with Gasteiger partial charge in [0, 0.05) is 0 Å². The highest BCUT2D eigenvalue weighted by atomic mass is 79.9. The van der Waals surface area contributed by atoms with Crippen LogP contribution in [0.3, 0.4) is 0 Å². The number of hydrogen-bond acceptors (Lipinski definition) is 6. The Hall–Kier alpha value is -4.45. The van der Waals surface area contributed by atoms with Crippen molar-refractivity contribution < 1.29 is 23.7 Å². The number of carbonyl (C=O) groups is 1. The highest BCUT2D eigenvalue weighted by Gasteiger charge is 2.16. The minimum Gasteiger partial charge on any atom is -0.493 e. The highest BCUT2D eigenvalue weighted by Crippen LogP contribution is 2.38. The van der Waals surface area contributed by atoms with E-state index in [0.29, 0.717) is 57.0 Å². The molecule has 0 heterocycles. The Morgan fingerprint density at radius 2 is 1.64 bits per heavy atom. The molecule has 9 heteroatoms. The fourth-order valence-corrected chi connectivity index (χ4v) is 4.71. The van der Waals surface area contributed by atoms with Crippen molar-refractivity contribution in [2.24, 2.45) is 0 Å². The molecule has 42 heavy (non-hydrogen) atoms. The molecule has 0 fully saturated rings. The van der Waals surface area contributed by atoms with Crippen LogP contribution in [-0.2, 0) is 18.0 Å². The molecular formula is C33H28BrClN2O5. The van der Waals surface area contributed by atoms with Gasteiger partial charge in [0.15, 0.2) is 23.0 Å². The lowest BCUT2D eigenvalue weighted by molar-refractivity contribution is -0.112. The number of nitrogens with zero attached hydrogens (tertiary/aromatic N) is 1. The van der Waals surface area contributed by atoms with E-state index in [0.717, 1.165) is 11.1 Å². The molecule has 4 aromatic rings. The zero-order chi connectivity index (χ0) is 29.9. The molecule has 0 saturated heterocycles. The number of ether oxygens (including phenoxy) is 4. The van der Waals surface area contributed by atoms with Crippen molar-refractivity contribution in [3.05, 3.63) is 117 Å². The van der Waals surface area contributed by atoms with Crippen LogP contribution in [0.1, 0.15) is 23.6 Å². The first kappa shape index (κ1) is 30.5. The first-order chi connectivity index (χ1) is 20.4. The van der Waals surface area contributed by atoms with Crippen molar-refractivity contribution >= 4 is 45.2 Å². The van der Waals surface area contributed by atoms with Crippen LogP contribution in [0.4, 0.5) is 5.69 Å². The third-order valence-electron chi connectivity index (χ3n) is 5.98. The lowest BCUT2D eigenvalue weighted by atomic mass is 10.1. The van der Waals surface area contributed by atoms with E-state index in [2.05, 4.69) is 21.2 Å². The maximum atomic E-state index is 12.7. The van der Waals surface area contributed by atoms with Gasteiger partial charge in [0.1, 0.15) is 24.9 Å². The molecule has 0 bridgehead atoms. The molecule has 7 nitrogen and oxygen atoms in total. The average molecular weight is 648 g/mol. The Balaban J connectivity index is 1.49. The number of para-hydroxylation sites is 1. The molecule has 0 aliphatic carbocycles. The normalized spacial score (nSPS) is 10.9. The Bertz CT molecular complexity index is 1620. The van der Waals surface area contributed by atoms with Gasteiger partial charge in [0.25, 0.3) is 5.91 Å². The second-order valence-corrected chi connectivity index (χ2v) is 10.2. The van der Waals surface area contributed by atoms with Gasteiger partial charge in [-0.2, -0.15) is 5.26 Å². The molecule has 0 saturated carbocycles. The number of benzene rings is 4. The molecule has 214 valence electrons. The molecule has 0 aromatic heterocycles. The van der Waals surface area contributed by atoms with Gasteiger partial charge in [-0.05, 0) is 82.0 Å². The maximum Gasteiger partial charge on any atom is 0.266 e. The van der Waals surface area contributed by atoms with Crippen molar-refractivity contribution in [1.29, 1.82) is 5.26 Å². The van der Waals surface area contributed by atoms with E-state index < -0.39 is 5.91 Å². The van der Waals surface area contributed by atoms with Gasteiger partial charge >= 0.3 is 0 Å². The van der Waals surface area contributed by atoms with Crippen LogP contribution in [0.25, 0.3) is 6.08 Å². The number of amides is 1. The molecule has 0 unspecified atom stereocenters. The van der Waals surface area contributed by atoms with E-state index >= 15 is 0 Å². The summed E-state index contributed by atoms with van der Waals surface area (Å²) in [6.07, 6.45) is 1.46. The van der Waals surface area contributed by atoms with Crippen molar-refractivity contribution in [3.63, 3.8) is 0 Å². The van der Waals surface area contributed by atoms with Gasteiger partial charge in [-0.25, -0.2) is 0 Å². The standard InChI is InChI=1S/C33H28BrClN2O5/c1-3-40-30-17-23(13-14-29(30)41-20-22-9-5-4-6-10-22)21-42-32-26(34)16-24(18-31(32)39-2)15-25(19-36)33(38)37-28-12-8-7-11-27(28)35/h4-18H,3,20-21H2,1-2H3,(H,37,38)/b25-15+. The van der Waals surface area contributed by atoms with Crippen LogP contribution in [0, 0.1) is 11.3 Å². The summed E-state index contributed by atoms with van der Waals surface area (Å²) in [5.41, 5.74) is 2.80. The second kappa shape index (κ2) is 15.0. The smallest absolute Gasteiger partial charge is 0.266 e. The molecule has 0 aliphatic rings. The van der Waals surface area contributed by atoms with E-state index in [1.807, 2.05) is 61.5 Å². The maximum absolute atomic E-state index is 12.7. The van der Waals surface area contributed by atoms with Crippen molar-refractivity contribution in [3.8, 4) is 29.1 Å². The van der Waals surface area contributed by atoms with E-state index in [1.165, 1.54) is 13.2 Å². The number of nitrogens with one attached hydrogen (secondary N) is 1. The number of nitriles is 1. The SMILES string of the molecule is CCOc1cc(COc2c(Br)cc(/C=C(\C#N)C(=O)Nc3ccccc3Cl)cc2OC)ccc1OCc1ccccc1. The first-order valence-electron chi connectivity index (χ1n) is 13.0. The predicted molar refractivity (Wildman–Crippen MR) is 167 cm³/mol. The molecule has 0 atom stereocenters. The van der Waals surface area contributed by atoms with Crippen LogP contribution in [0.2, 0.25) is 5.02 Å². The average Bonchev–Trinajstić information content (AvgIpc) is 3.00. The second-order valence-electron chi connectivity index (χ2n) is 8.91. The monoisotopic (exact) mass is 646 g/mol. The number of carbonyl (C=O) groups excluding carboxylic acids is 1. The van der Waals surface area contributed by atoms with Gasteiger partial charge < -0.3 is 24.3 Å². The molecule has 1 N–H and O–H groups in total. The third kappa shape index (κ3) is 8.06. The topological polar surface area (TPSA) is 89.8 Å². The van der Waals surface area contributed by atoms with Crippen molar-refractivity contribution in [2.45, 2.75) is 20.1 Å². The van der Waals surface area contributed by atoms with Gasteiger partial charge in [-0.15, -0.1) is 0 Å². The molecule has 4 aromatic carbocycles. The van der Waals surface area contributed by atoms with Crippen LogP contribution < -0.4 is 24.3 Å². The van der Waals surface area contributed by atoms with Crippen molar-refractivity contribution in [2.75, 3.05) is 19.0 Å². The molecular weight excluding hydrogens is 620 g/mol. The molecule has 1 amide bonds. The van der Waals surface area contributed by atoms with Gasteiger partial charge in [-0.3, -0.25) is 4.79 Å². The van der Waals surface area contributed by atoms with E-state index in [4.69, 9.17) is 30.5 Å². The van der Waals surface area contributed by atoms with Gasteiger partial charge in [0.2, 0.25) is 0 Å². The molecule has 0 radical (unpaired) electrons. The van der Waals surface area contributed by atoms with Crippen LogP contribution in [0.15, 0.2) is 95.0 Å². The Morgan fingerprint density at radius 3 is 2.36 bits per heavy atom. The fourth-order valence-electron chi connectivity index (χ4n) is 3.95. The minimum atomic E-state index is -0.581. The minimum absolute atomic E-state index is 0.101. The fraction of sp³-hybridized carbons (Fsp3) is 0.152. The number of halogens is 2. The first-order valence-corrected chi connectivity index (χ1v) is 14.2. The Labute approximate surface area is 258 Å². The third-order valence-corrected chi connectivity index (χ3v) is 6.90. The lowest BCUT2D eigenvalue weighted by Gasteiger charge is -2.16. The van der Waals surface area contributed by atoms with Gasteiger partial charge in [-0.1, -0.05) is 60.1 Å². The quantitative estimate of drug-likeness (QED) is 0.123. The zero-order valence-electron chi connectivity index (χ0n) is 23.0. The Morgan fingerprint density at radius 1 is 0.905 bits per heavy atom. The number of anilines is 1. The highest BCUT2D eigenvalue weighted by molar-refractivity contribution is 9.10. The number of hydrogen-bond donors (Lipinski definition) is 1. The van der Waals surface area contributed by atoms with Crippen LogP contribution in [-0.4, -0.2) is 19.6 Å². The lowest BCUT2D eigenvalue weighted by Crippen LogP contribution is -2.13. The summed E-state index contributed by atoms with van der Waals surface area (Å²) in [7, 11) is 1.52. The Kier molecular flexibility index (Phi) is 10.9. The summed E-state index contributed by atoms with van der Waals surface area (Å²) in [6.45, 7) is 3.06. The van der Waals surface area contributed by atoms with E-state index in [-0.39, 0.29) is 12.2 Å². The predicted octanol–water partition coefficient (Wildman–Crippen LogP) is 8.21. The van der Waals surface area contributed by atoms with Crippen molar-refractivity contribution in [1.82, 2.24) is 0 Å². The zero-order valence-corrected chi connectivity index (χ0v) is 25.4. The van der Waals surface area contributed by atoms with Gasteiger partial charge in [0.05, 0.1) is 28.9 Å². The van der Waals surface area contributed by atoms with Crippen LogP contribution in [0.5, 0.6) is 23.0 Å². The largest absolute Gasteiger partial charge is 0.493 e. The summed E-state index contributed by atoms with van der Waals surface area (Å²) in [5.74, 6) is 1.58. The van der Waals surface area contributed by atoms with E-state index in [9.17, 15) is 10.1 Å². The van der Waals surface area contributed by atoms with E-state index in [1.54, 1.807) is 36.4 Å². The molecule has 4 rings (SSSR count). The summed E-state index contributed by atoms with van der Waals surface area (Å²) >= 11 is 9.67. The summed E-state index contributed by atoms with van der Waals surface area (Å²) < 4.78 is 24.1. The number of rotatable bonds is 12. The number of methoxy groups -OCH3 is 1. The summed E-state index contributed by atoms with van der Waals surface area (Å²) in [4.78, 5) is 12.7. The summed E-state index contributed by atoms with van der Waals surface area (Å²) in [6, 6.07) is 27.8. The summed E-state index contributed by atoms with van der Waals surface area (Å²) in [5, 5.41) is 12.7.